The van der Waals surface area contributed by atoms with Gasteiger partial charge >= 0.3 is 0 Å². The Hall–Kier alpha value is -0.590. The summed E-state index contributed by atoms with van der Waals surface area (Å²) in [5.74, 6) is 1.21. The van der Waals surface area contributed by atoms with E-state index in [0.717, 1.165) is 12.8 Å². The van der Waals surface area contributed by atoms with E-state index >= 15 is 0 Å². The third kappa shape index (κ3) is 3.70. The summed E-state index contributed by atoms with van der Waals surface area (Å²) >= 11 is 0. The molecular formula is C11H20O. The predicted octanol–water partition coefficient (Wildman–Crippen LogP) is 3.20. The van der Waals surface area contributed by atoms with E-state index in [1.165, 1.54) is 0 Å². The molecule has 1 heteroatoms. The van der Waals surface area contributed by atoms with Crippen molar-refractivity contribution in [3.8, 4) is 0 Å². The first kappa shape index (κ1) is 11.4. The molecule has 0 aliphatic heterocycles. The Balaban J connectivity index is 0.000000561. The molecule has 0 amide bonds. The Morgan fingerprint density at radius 3 is 2.33 bits per heavy atom. The first-order chi connectivity index (χ1) is 5.70. The SMILES string of the molecule is CC.CC(=O)[C@H]1C=CCC(C)C1. The van der Waals surface area contributed by atoms with Crippen LogP contribution in [0.2, 0.25) is 0 Å². The molecule has 2 atom stereocenters. The maximum atomic E-state index is 10.9. The molecular weight excluding hydrogens is 148 g/mol. The Bertz CT molecular complexity index is 158. The zero-order chi connectivity index (χ0) is 9.56. The van der Waals surface area contributed by atoms with Crippen molar-refractivity contribution in [2.45, 2.75) is 40.5 Å². The topological polar surface area (TPSA) is 17.1 Å². The average Bonchev–Trinajstić information content (AvgIpc) is 2.08. The molecule has 1 aliphatic carbocycles. The second-order valence-electron chi connectivity index (χ2n) is 3.22. The number of allylic oxidation sites excluding steroid dienone is 2. The molecule has 0 fully saturated rings. The molecule has 0 heterocycles. The van der Waals surface area contributed by atoms with Gasteiger partial charge in [-0.3, -0.25) is 4.79 Å². The van der Waals surface area contributed by atoms with Crippen molar-refractivity contribution in [2.24, 2.45) is 11.8 Å². The highest BCUT2D eigenvalue weighted by Crippen LogP contribution is 2.22. The molecule has 0 aromatic rings. The number of carbonyl (C=O) groups is 1. The van der Waals surface area contributed by atoms with Gasteiger partial charge in [0.25, 0.3) is 0 Å². The van der Waals surface area contributed by atoms with Gasteiger partial charge in [0.1, 0.15) is 5.78 Å². The van der Waals surface area contributed by atoms with Crippen LogP contribution in [-0.2, 0) is 4.79 Å². The van der Waals surface area contributed by atoms with Gasteiger partial charge in [-0.05, 0) is 25.7 Å². The van der Waals surface area contributed by atoms with Crippen LogP contribution in [0.15, 0.2) is 12.2 Å². The minimum Gasteiger partial charge on any atom is -0.299 e. The zero-order valence-electron chi connectivity index (χ0n) is 8.63. The average molecular weight is 168 g/mol. The van der Waals surface area contributed by atoms with Gasteiger partial charge in [-0.1, -0.05) is 32.9 Å². The lowest BCUT2D eigenvalue weighted by Gasteiger charge is -2.18. The van der Waals surface area contributed by atoms with Gasteiger partial charge < -0.3 is 0 Å². The van der Waals surface area contributed by atoms with Gasteiger partial charge in [-0.25, -0.2) is 0 Å². The second-order valence-corrected chi connectivity index (χ2v) is 3.22. The van der Waals surface area contributed by atoms with Crippen LogP contribution in [0.3, 0.4) is 0 Å². The number of hydrogen-bond donors (Lipinski definition) is 0. The summed E-state index contributed by atoms with van der Waals surface area (Å²) in [6, 6.07) is 0. The van der Waals surface area contributed by atoms with Crippen LogP contribution in [-0.4, -0.2) is 5.78 Å². The summed E-state index contributed by atoms with van der Waals surface area (Å²) in [4.78, 5) is 10.9. The van der Waals surface area contributed by atoms with Crippen LogP contribution >= 0.6 is 0 Å². The van der Waals surface area contributed by atoms with Crippen LogP contribution in [0.25, 0.3) is 0 Å². The van der Waals surface area contributed by atoms with Crippen LogP contribution in [0, 0.1) is 11.8 Å². The van der Waals surface area contributed by atoms with Gasteiger partial charge in [0, 0.05) is 5.92 Å². The first-order valence-electron chi connectivity index (χ1n) is 4.87. The summed E-state index contributed by atoms with van der Waals surface area (Å²) in [6.45, 7) is 7.87. The van der Waals surface area contributed by atoms with Gasteiger partial charge in [-0.15, -0.1) is 0 Å². The molecule has 0 radical (unpaired) electrons. The van der Waals surface area contributed by atoms with E-state index in [0.29, 0.717) is 11.7 Å². The van der Waals surface area contributed by atoms with Crippen LogP contribution in [0.1, 0.15) is 40.5 Å². The molecule has 0 aromatic heterocycles. The lowest BCUT2D eigenvalue weighted by Crippen LogP contribution is -2.15. The maximum absolute atomic E-state index is 10.9. The van der Waals surface area contributed by atoms with E-state index in [1.54, 1.807) is 6.92 Å². The molecule has 0 saturated heterocycles. The first-order valence-corrected chi connectivity index (χ1v) is 4.87. The van der Waals surface area contributed by atoms with Gasteiger partial charge in [-0.2, -0.15) is 0 Å². The fraction of sp³-hybridized carbons (Fsp3) is 0.727. The van der Waals surface area contributed by atoms with E-state index < -0.39 is 0 Å². The third-order valence-electron chi connectivity index (χ3n) is 2.09. The van der Waals surface area contributed by atoms with Crippen molar-refractivity contribution in [1.82, 2.24) is 0 Å². The number of rotatable bonds is 1. The Morgan fingerprint density at radius 2 is 2.00 bits per heavy atom. The van der Waals surface area contributed by atoms with Crippen molar-refractivity contribution < 1.29 is 4.79 Å². The molecule has 1 nitrogen and oxygen atoms in total. The van der Waals surface area contributed by atoms with Gasteiger partial charge in [0.2, 0.25) is 0 Å². The highest BCUT2D eigenvalue weighted by atomic mass is 16.1. The Labute approximate surface area is 75.9 Å². The predicted molar refractivity (Wildman–Crippen MR) is 53.1 cm³/mol. The van der Waals surface area contributed by atoms with Gasteiger partial charge in [0.15, 0.2) is 0 Å². The van der Waals surface area contributed by atoms with Crippen LogP contribution < -0.4 is 0 Å². The van der Waals surface area contributed by atoms with E-state index in [9.17, 15) is 4.79 Å². The number of Topliss-reactive ketones (excluding diaryl/α,β-unsaturated/α-hetero) is 1. The summed E-state index contributed by atoms with van der Waals surface area (Å²) < 4.78 is 0. The van der Waals surface area contributed by atoms with E-state index in [1.807, 2.05) is 19.9 Å². The molecule has 70 valence electrons. The highest BCUT2D eigenvalue weighted by molar-refractivity contribution is 5.80. The smallest absolute Gasteiger partial charge is 0.136 e. The fourth-order valence-electron chi connectivity index (χ4n) is 1.38. The van der Waals surface area contributed by atoms with Crippen LogP contribution in [0.5, 0.6) is 0 Å². The normalized spacial score (nSPS) is 27.3. The standard InChI is InChI=1S/C9H14O.C2H6/c1-7-4-3-5-9(6-7)8(2)10;1-2/h3,5,7,9H,4,6H2,1-2H3;1-2H3/t7?,9-;/m0./s1. The quantitative estimate of drug-likeness (QED) is 0.549. The van der Waals surface area contributed by atoms with Crippen molar-refractivity contribution in [3.05, 3.63) is 12.2 Å². The fourth-order valence-corrected chi connectivity index (χ4v) is 1.38. The van der Waals surface area contributed by atoms with Crippen molar-refractivity contribution >= 4 is 5.78 Å². The van der Waals surface area contributed by atoms with E-state index in [2.05, 4.69) is 13.0 Å². The number of ketones is 1. The summed E-state index contributed by atoms with van der Waals surface area (Å²) in [5, 5.41) is 0. The summed E-state index contributed by atoms with van der Waals surface area (Å²) in [7, 11) is 0. The number of carbonyl (C=O) groups excluding carboxylic acids is 1. The largest absolute Gasteiger partial charge is 0.299 e. The van der Waals surface area contributed by atoms with Gasteiger partial charge in [0.05, 0.1) is 0 Å². The molecule has 1 unspecified atom stereocenters. The molecule has 0 N–H and O–H groups in total. The van der Waals surface area contributed by atoms with Crippen molar-refractivity contribution in [1.29, 1.82) is 0 Å². The van der Waals surface area contributed by atoms with Crippen molar-refractivity contribution in [3.63, 3.8) is 0 Å². The molecule has 1 aliphatic rings. The Morgan fingerprint density at radius 1 is 1.42 bits per heavy atom. The molecule has 1 rings (SSSR count). The second kappa shape index (κ2) is 5.99. The van der Waals surface area contributed by atoms with E-state index in [-0.39, 0.29) is 5.92 Å². The molecule has 0 saturated carbocycles. The summed E-state index contributed by atoms with van der Waals surface area (Å²) in [5.41, 5.74) is 0. The van der Waals surface area contributed by atoms with Crippen molar-refractivity contribution in [2.75, 3.05) is 0 Å². The minimum atomic E-state index is 0.212. The summed E-state index contributed by atoms with van der Waals surface area (Å²) in [6.07, 6.45) is 6.36. The zero-order valence-corrected chi connectivity index (χ0v) is 8.63. The Kier molecular flexibility index (Phi) is 5.69. The third-order valence-corrected chi connectivity index (χ3v) is 2.09. The molecule has 0 bridgehead atoms. The maximum Gasteiger partial charge on any atom is 0.136 e. The van der Waals surface area contributed by atoms with Crippen LogP contribution in [0.4, 0.5) is 0 Å². The molecule has 0 spiro atoms. The monoisotopic (exact) mass is 168 g/mol. The minimum absolute atomic E-state index is 0.212. The molecule has 12 heavy (non-hydrogen) atoms. The highest BCUT2D eigenvalue weighted by Gasteiger charge is 2.17. The number of hydrogen-bond acceptors (Lipinski definition) is 1. The lowest BCUT2D eigenvalue weighted by molar-refractivity contribution is -0.119. The molecule has 0 aromatic carbocycles. The van der Waals surface area contributed by atoms with E-state index in [4.69, 9.17) is 0 Å². The lowest BCUT2D eigenvalue weighted by atomic mass is 9.86.